The number of rotatable bonds is 5. The average molecular weight is 357 g/mol. The maximum atomic E-state index is 12.7. The van der Waals surface area contributed by atoms with Crippen molar-refractivity contribution in [2.45, 2.75) is 76.3 Å². The van der Waals surface area contributed by atoms with Crippen molar-refractivity contribution in [3.05, 3.63) is 35.9 Å². The minimum atomic E-state index is -0.392. The third kappa shape index (κ3) is 4.01. The van der Waals surface area contributed by atoms with Crippen LogP contribution in [0, 0.1) is 0 Å². The molecular formula is C22H32N2O2. The summed E-state index contributed by atoms with van der Waals surface area (Å²) in [7, 11) is 0. The van der Waals surface area contributed by atoms with Crippen molar-refractivity contribution in [3.8, 4) is 0 Å². The maximum Gasteiger partial charge on any atom is 0.237 e. The summed E-state index contributed by atoms with van der Waals surface area (Å²) < 4.78 is 0. The number of Topliss-reactive ketones (excluding diaryl/α,β-unsaturated/α-hetero) is 1. The zero-order valence-electron chi connectivity index (χ0n) is 16.2. The molecule has 1 amide bonds. The van der Waals surface area contributed by atoms with Crippen molar-refractivity contribution in [3.63, 3.8) is 0 Å². The Hall–Kier alpha value is -1.68. The highest BCUT2D eigenvalue weighted by Crippen LogP contribution is 2.37. The molecule has 0 bridgehead atoms. The smallest absolute Gasteiger partial charge is 0.237 e. The van der Waals surface area contributed by atoms with Crippen molar-refractivity contribution in [2.75, 3.05) is 13.1 Å². The third-order valence-electron chi connectivity index (χ3n) is 6.53. The number of piperidine rings is 1. The number of benzene rings is 1. The number of carbonyl (C=O) groups is 2. The topological polar surface area (TPSA) is 49.4 Å². The Bertz CT molecular complexity index is 614. The summed E-state index contributed by atoms with van der Waals surface area (Å²) in [6.45, 7) is 5.28. The van der Waals surface area contributed by atoms with Gasteiger partial charge >= 0.3 is 0 Å². The Morgan fingerprint density at radius 1 is 1.08 bits per heavy atom. The first kappa shape index (κ1) is 19.1. The van der Waals surface area contributed by atoms with Gasteiger partial charge in [0.2, 0.25) is 5.91 Å². The fraction of sp³-hybridized carbons (Fsp3) is 0.636. The van der Waals surface area contributed by atoms with Gasteiger partial charge in [0.25, 0.3) is 0 Å². The van der Waals surface area contributed by atoms with Crippen LogP contribution in [0.4, 0.5) is 0 Å². The van der Waals surface area contributed by atoms with Gasteiger partial charge < -0.3 is 5.32 Å². The lowest BCUT2D eigenvalue weighted by Gasteiger charge is -2.42. The molecule has 0 aromatic heterocycles. The van der Waals surface area contributed by atoms with Gasteiger partial charge in [-0.05, 0) is 45.1 Å². The van der Waals surface area contributed by atoms with Gasteiger partial charge in [-0.1, -0.05) is 49.6 Å². The maximum absolute atomic E-state index is 12.7. The molecular weight excluding hydrogens is 324 g/mol. The normalized spacial score (nSPS) is 22.5. The van der Waals surface area contributed by atoms with Crippen LogP contribution < -0.4 is 5.32 Å². The van der Waals surface area contributed by atoms with Crippen LogP contribution in [0.3, 0.4) is 0 Å². The molecule has 142 valence electrons. The van der Waals surface area contributed by atoms with E-state index in [0.717, 1.165) is 44.3 Å². The average Bonchev–Trinajstić information content (AvgIpc) is 2.68. The van der Waals surface area contributed by atoms with E-state index in [1.807, 2.05) is 25.1 Å². The van der Waals surface area contributed by atoms with Crippen molar-refractivity contribution >= 4 is 11.7 Å². The standard InChI is InChI=1S/C22H32N2O2/c1-17(21(26)23-20-11-7-4-8-12-20)24-15-13-22(14-16-24,18(2)25)19-9-5-3-6-10-19/h3,5-6,9-10,17,20H,4,7-8,11-16H2,1-2H3,(H,23,26)/t17-/m1/s1. The van der Waals surface area contributed by atoms with E-state index in [-0.39, 0.29) is 17.7 Å². The van der Waals surface area contributed by atoms with Gasteiger partial charge in [0, 0.05) is 19.1 Å². The van der Waals surface area contributed by atoms with Gasteiger partial charge in [0.1, 0.15) is 5.78 Å². The molecule has 1 atom stereocenters. The molecule has 3 rings (SSSR count). The molecule has 0 unspecified atom stereocenters. The molecule has 4 heteroatoms. The van der Waals surface area contributed by atoms with E-state index in [1.165, 1.54) is 19.3 Å². The molecule has 1 aromatic carbocycles. The highest BCUT2D eigenvalue weighted by atomic mass is 16.2. The molecule has 1 aliphatic heterocycles. The fourth-order valence-electron chi connectivity index (χ4n) is 4.63. The van der Waals surface area contributed by atoms with Gasteiger partial charge in [-0.3, -0.25) is 14.5 Å². The molecule has 1 aromatic rings. The van der Waals surface area contributed by atoms with E-state index in [9.17, 15) is 9.59 Å². The SMILES string of the molecule is CC(=O)C1(c2ccccc2)CCN([C@H](C)C(=O)NC2CCCCC2)CC1. The summed E-state index contributed by atoms with van der Waals surface area (Å²) in [5.41, 5.74) is 0.726. The van der Waals surface area contributed by atoms with Crippen LogP contribution in [-0.2, 0) is 15.0 Å². The second kappa shape index (κ2) is 8.34. The van der Waals surface area contributed by atoms with Crippen LogP contribution in [0.5, 0.6) is 0 Å². The zero-order chi connectivity index (χ0) is 18.6. The number of amides is 1. The van der Waals surface area contributed by atoms with Crippen molar-refractivity contribution < 1.29 is 9.59 Å². The van der Waals surface area contributed by atoms with Crippen LogP contribution in [0.25, 0.3) is 0 Å². The predicted molar refractivity (Wildman–Crippen MR) is 104 cm³/mol. The van der Waals surface area contributed by atoms with Crippen molar-refractivity contribution in [1.29, 1.82) is 0 Å². The van der Waals surface area contributed by atoms with Crippen molar-refractivity contribution in [2.24, 2.45) is 0 Å². The quantitative estimate of drug-likeness (QED) is 0.879. The molecule has 1 saturated heterocycles. The first-order chi connectivity index (χ1) is 12.5. The molecule has 1 saturated carbocycles. The molecule has 0 spiro atoms. The number of nitrogens with one attached hydrogen (secondary N) is 1. The summed E-state index contributed by atoms with van der Waals surface area (Å²) >= 11 is 0. The number of carbonyl (C=O) groups excluding carboxylic acids is 2. The zero-order valence-corrected chi connectivity index (χ0v) is 16.2. The van der Waals surface area contributed by atoms with E-state index >= 15 is 0 Å². The first-order valence-electron chi connectivity index (χ1n) is 10.1. The van der Waals surface area contributed by atoms with E-state index < -0.39 is 5.41 Å². The van der Waals surface area contributed by atoms with Crippen LogP contribution >= 0.6 is 0 Å². The molecule has 4 nitrogen and oxygen atoms in total. The number of likely N-dealkylation sites (tertiary alicyclic amines) is 1. The van der Waals surface area contributed by atoms with Gasteiger partial charge in [-0.25, -0.2) is 0 Å². The minimum absolute atomic E-state index is 0.127. The number of ketones is 1. The predicted octanol–water partition coefficient (Wildman–Crippen LogP) is 3.45. The summed E-state index contributed by atoms with van der Waals surface area (Å²) in [6, 6.07) is 10.4. The second-order valence-corrected chi connectivity index (χ2v) is 8.06. The van der Waals surface area contributed by atoms with Gasteiger partial charge in [-0.2, -0.15) is 0 Å². The van der Waals surface area contributed by atoms with E-state index in [2.05, 4.69) is 22.3 Å². The largest absolute Gasteiger partial charge is 0.352 e. The molecule has 1 heterocycles. The Kier molecular flexibility index (Phi) is 6.13. The Labute approximate surface area is 157 Å². The highest BCUT2D eigenvalue weighted by molar-refractivity contribution is 5.88. The summed E-state index contributed by atoms with van der Waals surface area (Å²) in [5, 5.41) is 3.24. The molecule has 0 radical (unpaired) electrons. The van der Waals surface area contributed by atoms with Crippen LogP contribution in [0.2, 0.25) is 0 Å². The Morgan fingerprint density at radius 3 is 2.27 bits per heavy atom. The fourth-order valence-corrected chi connectivity index (χ4v) is 4.63. The lowest BCUT2D eigenvalue weighted by atomic mass is 9.70. The van der Waals surface area contributed by atoms with Crippen LogP contribution in [0.15, 0.2) is 30.3 Å². The van der Waals surface area contributed by atoms with E-state index in [4.69, 9.17) is 0 Å². The summed E-state index contributed by atoms with van der Waals surface area (Å²) in [5.74, 6) is 0.384. The second-order valence-electron chi connectivity index (χ2n) is 8.06. The number of hydrogen-bond donors (Lipinski definition) is 1. The molecule has 2 aliphatic rings. The van der Waals surface area contributed by atoms with E-state index in [1.54, 1.807) is 6.92 Å². The molecule has 1 aliphatic carbocycles. The monoisotopic (exact) mass is 356 g/mol. The third-order valence-corrected chi connectivity index (χ3v) is 6.53. The first-order valence-corrected chi connectivity index (χ1v) is 10.1. The molecule has 26 heavy (non-hydrogen) atoms. The Morgan fingerprint density at radius 2 is 1.69 bits per heavy atom. The number of nitrogens with zero attached hydrogens (tertiary/aromatic N) is 1. The van der Waals surface area contributed by atoms with Crippen LogP contribution in [0.1, 0.15) is 64.4 Å². The Balaban J connectivity index is 1.61. The molecule has 1 N–H and O–H groups in total. The van der Waals surface area contributed by atoms with Crippen LogP contribution in [-0.4, -0.2) is 41.8 Å². The summed E-state index contributed by atoms with van der Waals surface area (Å²) in [4.78, 5) is 27.4. The van der Waals surface area contributed by atoms with E-state index in [0.29, 0.717) is 6.04 Å². The minimum Gasteiger partial charge on any atom is -0.352 e. The lowest BCUT2D eigenvalue weighted by Crippen LogP contribution is -2.54. The number of hydrogen-bond acceptors (Lipinski definition) is 3. The van der Waals surface area contributed by atoms with Gasteiger partial charge in [0.05, 0.1) is 11.5 Å². The summed E-state index contributed by atoms with van der Waals surface area (Å²) in [6.07, 6.45) is 7.53. The molecule has 2 fully saturated rings. The van der Waals surface area contributed by atoms with Gasteiger partial charge in [-0.15, -0.1) is 0 Å². The van der Waals surface area contributed by atoms with Crippen molar-refractivity contribution in [1.82, 2.24) is 10.2 Å². The lowest BCUT2D eigenvalue weighted by molar-refractivity contribution is -0.128. The highest BCUT2D eigenvalue weighted by Gasteiger charge is 2.41. The van der Waals surface area contributed by atoms with Gasteiger partial charge in [0.15, 0.2) is 0 Å².